The molecule has 1 N–H and O–H groups in total. The number of aliphatic imine (C=N–C) groups is 1. The van der Waals surface area contributed by atoms with E-state index >= 15 is 0 Å². The third-order valence-corrected chi connectivity index (χ3v) is 3.64. The van der Waals surface area contributed by atoms with Crippen molar-refractivity contribution in [3.05, 3.63) is 65.7 Å². The van der Waals surface area contributed by atoms with Crippen LogP contribution in [0.25, 0.3) is 0 Å². The van der Waals surface area contributed by atoms with Crippen molar-refractivity contribution in [1.82, 2.24) is 0 Å². The first-order valence-electron chi connectivity index (χ1n) is 7.70. The molecule has 0 amide bonds. The second-order valence-corrected chi connectivity index (χ2v) is 5.51. The van der Waals surface area contributed by atoms with Gasteiger partial charge in [0.1, 0.15) is 12.4 Å². The number of methoxy groups -OCH3 is 1. The average Bonchev–Trinajstić information content (AvgIpc) is 2.65. The Morgan fingerprint density at radius 1 is 1.20 bits per heavy atom. The lowest BCUT2D eigenvalue weighted by molar-refractivity contribution is -0.143. The van der Waals surface area contributed by atoms with Crippen LogP contribution >= 0.6 is 0 Å². The van der Waals surface area contributed by atoms with Crippen LogP contribution < -0.4 is 4.74 Å². The molecule has 0 saturated heterocycles. The molecule has 0 heterocycles. The number of hydrogen-bond donors (Lipinski definition) is 1. The fraction of sp³-hybridized carbons (Fsp3) is 0.263. The average molecular weight is 345 g/mol. The second-order valence-electron chi connectivity index (χ2n) is 5.51. The van der Waals surface area contributed by atoms with Gasteiger partial charge in [0.25, 0.3) is 0 Å². The molecule has 6 heteroatoms. The van der Waals surface area contributed by atoms with Crippen LogP contribution in [-0.2, 0) is 16.0 Å². The molecule has 0 aliphatic carbocycles. The maximum atomic E-state index is 13.7. The number of carboxylic acids is 1. The van der Waals surface area contributed by atoms with Crippen molar-refractivity contribution in [3.8, 4) is 5.75 Å². The van der Waals surface area contributed by atoms with Gasteiger partial charge in [0.05, 0.1) is 0 Å². The number of rotatable bonds is 9. The maximum Gasteiger partial charge on any atom is 0.334 e. The molecule has 5 nitrogen and oxygen atoms in total. The first-order valence-corrected chi connectivity index (χ1v) is 7.70. The normalized spacial score (nSPS) is 13.5. The lowest BCUT2D eigenvalue weighted by Gasteiger charge is -2.22. The number of nitrogens with zero attached hydrogens (tertiary/aromatic N) is 1. The fourth-order valence-electron chi connectivity index (χ4n) is 2.22. The monoisotopic (exact) mass is 345 g/mol. The molecule has 1 unspecified atom stereocenters. The molecule has 0 aliphatic heterocycles. The second kappa shape index (κ2) is 8.94. The summed E-state index contributed by atoms with van der Waals surface area (Å²) in [4.78, 5) is 15.8. The zero-order chi connectivity index (χ0) is 18.1. The molecule has 0 aromatic heterocycles. The molecule has 0 saturated carbocycles. The summed E-state index contributed by atoms with van der Waals surface area (Å²) in [5.41, 5.74) is -0.495. The predicted octanol–water partition coefficient (Wildman–Crippen LogP) is 3.12. The molecule has 0 aliphatic rings. The van der Waals surface area contributed by atoms with Gasteiger partial charge in [-0.05, 0) is 23.3 Å². The van der Waals surface area contributed by atoms with E-state index in [2.05, 4.69) is 4.99 Å². The van der Waals surface area contributed by atoms with E-state index in [4.69, 9.17) is 9.47 Å². The van der Waals surface area contributed by atoms with Gasteiger partial charge in [-0.3, -0.25) is 4.99 Å². The highest BCUT2D eigenvalue weighted by atomic mass is 19.1. The molecule has 0 spiro atoms. The third kappa shape index (κ3) is 5.12. The van der Waals surface area contributed by atoms with Crippen LogP contribution in [0.1, 0.15) is 11.1 Å². The van der Waals surface area contributed by atoms with E-state index in [1.165, 1.54) is 13.3 Å². The molecular weight excluding hydrogens is 325 g/mol. The molecule has 25 heavy (non-hydrogen) atoms. The van der Waals surface area contributed by atoms with Gasteiger partial charge in [-0.2, -0.15) is 0 Å². The van der Waals surface area contributed by atoms with Crippen molar-refractivity contribution in [3.63, 3.8) is 0 Å². The Morgan fingerprint density at radius 2 is 1.88 bits per heavy atom. The Bertz CT molecular complexity index is 703. The standard InChI is InChI=1S/C19H20FNO4/c1-24-14-25-17-9-7-15(8-10-17)11-19(13-20,18(22)23)21-12-16-5-3-2-4-6-16/h2-10,12H,11,13-14H2,1H3,(H,22,23)/b21-12+. The molecule has 0 fully saturated rings. The van der Waals surface area contributed by atoms with Crippen molar-refractivity contribution < 1.29 is 23.8 Å². The lowest BCUT2D eigenvalue weighted by atomic mass is 9.92. The molecular formula is C19H20FNO4. The highest BCUT2D eigenvalue weighted by Gasteiger charge is 2.38. The topological polar surface area (TPSA) is 68.1 Å². The number of aliphatic carboxylic acids is 1. The summed E-state index contributed by atoms with van der Waals surface area (Å²) >= 11 is 0. The number of carbonyl (C=O) groups is 1. The first-order chi connectivity index (χ1) is 12.1. The molecule has 2 aromatic carbocycles. The minimum absolute atomic E-state index is 0.0628. The van der Waals surface area contributed by atoms with Gasteiger partial charge in [-0.1, -0.05) is 42.5 Å². The summed E-state index contributed by atoms with van der Waals surface area (Å²) in [6.07, 6.45) is 1.33. The van der Waals surface area contributed by atoms with Gasteiger partial charge in [0.2, 0.25) is 0 Å². The number of hydrogen-bond acceptors (Lipinski definition) is 4. The third-order valence-electron chi connectivity index (χ3n) is 3.64. The van der Waals surface area contributed by atoms with Crippen LogP contribution in [0.3, 0.4) is 0 Å². The van der Waals surface area contributed by atoms with E-state index in [9.17, 15) is 14.3 Å². The Hall–Kier alpha value is -2.73. The summed E-state index contributed by atoms with van der Waals surface area (Å²) in [5.74, 6) is -0.721. The van der Waals surface area contributed by atoms with Crippen molar-refractivity contribution in [1.29, 1.82) is 0 Å². The maximum absolute atomic E-state index is 13.7. The van der Waals surface area contributed by atoms with Gasteiger partial charge in [0, 0.05) is 19.7 Å². The fourth-order valence-corrected chi connectivity index (χ4v) is 2.22. The summed E-state index contributed by atoms with van der Waals surface area (Å²) in [6, 6.07) is 15.7. The van der Waals surface area contributed by atoms with Crippen molar-refractivity contribution in [2.24, 2.45) is 4.99 Å². The number of halogens is 1. The lowest BCUT2D eigenvalue weighted by Crippen LogP contribution is -2.41. The van der Waals surface area contributed by atoms with Crippen LogP contribution in [0.2, 0.25) is 0 Å². The quantitative estimate of drug-likeness (QED) is 0.560. The number of benzene rings is 2. The van der Waals surface area contributed by atoms with Gasteiger partial charge in [0.15, 0.2) is 12.3 Å². The summed E-state index contributed by atoms with van der Waals surface area (Å²) < 4.78 is 23.7. The van der Waals surface area contributed by atoms with Crippen LogP contribution in [0.15, 0.2) is 59.6 Å². The summed E-state index contributed by atoms with van der Waals surface area (Å²) in [6.45, 7) is -0.988. The van der Waals surface area contributed by atoms with Crippen molar-refractivity contribution in [2.45, 2.75) is 12.0 Å². The van der Waals surface area contributed by atoms with E-state index in [0.717, 1.165) is 0 Å². The Kier molecular flexibility index (Phi) is 6.65. The minimum atomic E-state index is -1.86. The molecule has 132 valence electrons. The van der Waals surface area contributed by atoms with Gasteiger partial charge < -0.3 is 14.6 Å². The molecule has 2 aromatic rings. The largest absolute Gasteiger partial charge is 0.479 e. The Morgan fingerprint density at radius 3 is 2.44 bits per heavy atom. The van der Waals surface area contributed by atoms with Crippen LogP contribution in [0, 0.1) is 0 Å². The van der Waals surface area contributed by atoms with Crippen LogP contribution in [0.5, 0.6) is 5.75 Å². The van der Waals surface area contributed by atoms with Gasteiger partial charge in [-0.15, -0.1) is 0 Å². The van der Waals surface area contributed by atoms with Crippen LogP contribution in [-0.4, -0.2) is 43.4 Å². The molecule has 1 atom stereocenters. The number of alkyl halides is 1. The van der Waals surface area contributed by atoms with Crippen molar-refractivity contribution >= 4 is 12.2 Å². The zero-order valence-electron chi connectivity index (χ0n) is 13.9. The molecule has 2 rings (SSSR count). The van der Waals surface area contributed by atoms with Crippen molar-refractivity contribution in [2.75, 3.05) is 20.6 Å². The number of carboxylic acid groups (broad SMARTS) is 1. The van der Waals surface area contributed by atoms with E-state index in [1.807, 2.05) is 6.07 Å². The highest BCUT2D eigenvalue weighted by molar-refractivity contribution is 5.86. The molecule has 0 bridgehead atoms. The highest BCUT2D eigenvalue weighted by Crippen LogP contribution is 2.22. The first kappa shape index (κ1) is 18.6. The number of ether oxygens (including phenoxy) is 2. The van der Waals surface area contributed by atoms with E-state index in [-0.39, 0.29) is 13.2 Å². The van der Waals surface area contributed by atoms with E-state index in [0.29, 0.717) is 16.9 Å². The zero-order valence-corrected chi connectivity index (χ0v) is 13.9. The van der Waals surface area contributed by atoms with E-state index in [1.54, 1.807) is 48.5 Å². The summed E-state index contributed by atoms with van der Waals surface area (Å²) in [5, 5.41) is 9.54. The summed E-state index contributed by atoms with van der Waals surface area (Å²) in [7, 11) is 1.52. The predicted molar refractivity (Wildman–Crippen MR) is 93.0 cm³/mol. The Balaban J connectivity index is 2.19. The van der Waals surface area contributed by atoms with Gasteiger partial charge in [-0.25, -0.2) is 9.18 Å². The smallest absolute Gasteiger partial charge is 0.334 e. The molecule has 0 radical (unpaired) electrons. The Labute approximate surface area is 145 Å². The van der Waals surface area contributed by atoms with Crippen LogP contribution in [0.4, 0.5) is 4.39 Å². The van der Waals surface area contributed by atoms with Gasteiger partial charge >= 0.3 is 5.97 Å². The van der Waals surface area contributed by atoms with E-state index < -0.39 is 18.2 Å². The minimum Gasteiger partial charge on any atom is -0.479 e. The SMILES string of the molecule is COCOc1ccc(CC(CF)(/N=C/c2ccccc2)C(=O)O)cc1.